The third-order valence-electron chi connectivity index (χ3n) is 4.27. The second kappa shape index (κ2) is 5.12. The molecular formula is C15H24O2Si. The first kappa shape index (κ1) is 13.7. The molecule has 0 aromatic carbocycles. The first-order chi connectivity index (χ1) is 8.39. The number of carbonyl (C=O) groups excluding carboxylic acids is 2. The van der Waals surface area contributed by atoms with Crippen molar-refractivity contribution < 1.29 is 9.59 Å². The number of allylic oxidation sites excluding steroid dienone is 2. The van der Waals surface area contributed by atoms with E-state index in [0.717, 1.165) is 30.9 Å². The van der Waals surface area contributed by atoms with Gasteiger partial charge in [0, 0.05) is 18.8 Å². The van der Waals surface area contributed by atoms with Gasteiger partial charge in [-0.2, -0.15) is 0 Å². The van der Waals surface area contributed by atoms with Crippen LogP contribution in [0.1, 0.15) is 38.5 Å². The highest BCUT2D eigenvalue weighted by Crippen LogP contribution is 2.38. The SMILES string of the molecule is C[Si](C)(C)C1=C[C@H]2CCCC(=O)CCC[C@@H]2C1=O. The lowest BCUT2D eigenvalue weighted by molar-refractivity contribution is -0.120. The van der Waals surface area contributed by atoms with Crippen molar-refractivity contribution in [1.29, 1.82) is 0 Å². The zero-order valence-corrected chi connectivity index (χ0v) is 12.8. The summed E-state index contributed by atoms with van der Waals surface area (Å²) in [6.45, 7) is 6.77. The van der Waals surface area contributed by atoms with Gasteiger partial charge >= 0.3 is 0 Å². The number of rotatable bonds is 1. The molecular weight excluding hydrogens is 240 g/mol. The smallest absolute Gasteiger partial charge is 0.158 e. The maximum Gasteiger partial charge on any atom is 0.158 e. The van der Waals surface area contributed by atoms with Crippen LogP contribution in [0.2, 0.25) is 19.6 Å². The van der Waals surface area contributed by atoms with E-state index in [1.54, 1.807) is 0 Å². The van der Waals surface area contributed by atoms with Crippen molar-refractivity contribution in [3.8, 4) is 0 Å². The van der Waals surface area contributed by atoms with Crippen LogP contribution in [-0.2, 0) is 9.59 Å². The van der Waals surface area contributed by atoms with Gasteiger partial charge in [-0.05, 0) is 36.8 Å². The summed E-state index contributed by atoms with van der Waals surface area (Å²) in [7, 11) is -1.49. The van der Waals surface area contributed by atoms with Gasteiger partial charge in [-0.1, -0.05) is 25.7 Å². The molecule has 0 spiro atoms. The molecule has 0 aromatic heterocycles. The van der Waals surface area contributed by atoms with Gasteiger partial charge in [-0.3, -0.25) is 9.59 Å². The highest BCUT2D eigenvalue weighted by atomic mass is 28.3. The van der Waals surface area contributed by atoms with Crippen molar-refractivity contribution in [3.63, 3.8) is 0 Å². The fraction of sp³-hybridized carbons (Fsp3) is 0.733. The van der Waals surface area contributed by atoms with E-state index < -0.39 is 8.07 Å². The Balaban J connectivity index is 2.17. The van der Waals surface area contributed by atoms with E-state index in [-0.39, 0.29) is 5.92 Å². The van der Waals surface area contributed by atoms with E-state index in [9.17, 15) is 9.59 Å². The van der Waals surface area contributed by atoms with Crippen LogP contribution in [0.15, 0.2) is 11.3 Å². The van der Waals surface area contributed by atoms with E-state index >= 15 is 0 Å². The van der Waals surface area contributed by atoms with Crippen LogP contribution in [-0.4, -0.2) is 19.6 Å². The Kier molecular flexibility index (Phi) is 3.90. The highest BCUT2D eigenvalue weighted by Gasteiger charge is 2.40. The van der Waals surface area contributed by atoms with E-state index in [4.69, 9.17) is 0 Å². The summed E-state index contributed by atoms with van der Waals surface area (Å²) in [5.41, 5.74) is 0. The minimum absolute atomic E-state index is 0.192. The molecule has 2 aliphatic rings. The molecule has 1 fully saturated rings. The predicted octanol–water partition coefficient (Wildman–Crippen LogP) is 3.53. The number of carbonyl (C=O) groups is 2. The van der Waals surface area contributed by atoms with Crippen LogP contribution in [0.4, 0.5) is 0 Å². The highest BCUT2D eigenvalue weighted by molar-refractivity contribution is 6.87. The van der Waals surface area contributed by atoms with Crippen LogP contribution < -0.4 is 0 Å². The van der Waals surface area contributed by atoms with Gasteiger partial charge in [0.2, 0.25) is 0 Å². The summed E-state index contributed by atoms with van der Waals surface area (Å²) in [6, 6.07) is 0. The number of Topliss-reactive ketones (excluding diaryl/α,β-unsaturated/α-hetero) is 2. The summed E-state index contributed by atoms with van der Waals surface area (Å²) in [5.74, 6) is 1.41. The lowest BCUT2D eigenvalue weighted by Crippen LogP contribution is -2.30. The lowest BCUT2D eigenvalue weighted by Gasteiger charge is -2.19. The Morgan fingerprint density at radius 2 is 1.67 bits per heavy atom. The van der Waals surface area contributed by atoms with Crippen molar-refractivity contribution in [2.45, 2.75) is 58.2 Å². The van der Waals surface area contributed by atoms with Gasteiger partial charge in [0.15, 0.2) is 5.78 Å². The van der Waals surface area contributed by atoms with Crippen LogP contribution in [0.25, 0.3) is 0 Å². The molecule has 0 saturated heterocycles. The van der Waals surface area contributed by atoms with Crippen LogP contribution >= 0.6 is 0 Å². The van der Waals surface area contributed by atoms with E-state index in [0.29, 0.717) is 30.3 Å². The Morgan fingerprint density at radius 3 is 2.28 bits per heavy atom. The third-order valence-corrected chi connectivity index (χ3v) is 6.30. The Morgan fingerprint density at radius 1 is 1.06 bits per heavy atom. The average molecular weight is 264 g/mol. The molecule has 3 heteroatoms. The molecule has 0 amide bonds. The van der Waals surface area contributed by atoms with Gasteiger partial charge in [0.1, 0.15) is 5.78 Å². The molecule has 0 unspecified atom stereocenters. The summed E-state index contributed by atoms with van der Waals surface area (Å²) in [6.07, 6.45) is 7.47. The van der Waals surface area contributed by atoms with Crippen LogP contribution in [0.5, 0.6) is 0 Å². The molecule has 0 aliphatic heterocycles. The second-order valence-electron chi connectivity index (χ2n) is 6.79. The largest absolute Gasteiger partial charge is 0.300 e. The summed E-state index contributed by atoms with van der Waals surface area (Å²) in [5, 5.41) is 1.16. The van der Waals surface area contributed by atoms with Gasteiger partial charge in [0.25, 0.3) is 0 Å². The van der Waals surface area contributed by atoms with Gasteiger partial charge in [-0.25, -0.2) is 0 Å². The zero-order valence-electron chi connectivity index (χ0n) is 11.8. The molecule has 2 aliphatic carbocycles. The van der Waals surface area contributed by atoms with Crippen molar-refractivity contribution in [2.24, 2.45) is 11.8 Å². The van der Waals surface area contributed by atoms with Gasteiger partial charge < -0.3 is 0 Å². The molecule has 0 radical (unpaired) electrons. The quantitative estimate of drug-likeness (QED) is 0.679. The summed E-state index contributed by atoms with van der Waals surface area (Å²) >= 11 is 0. The molecule has 1 saturated carbocycles. The van der Waals surface area contributed by atoms with Crippen molar-refractivity contribution >= 4 is 19.6 Å². The number of ketones is 2. The van der Waals surface area contributed by atoms with Crippen molar-refractivity contribution in [2.75, 3.05) is 0 Å². The third kappa shape index (κ3) is 2.82. The van der Waals surface area contributed by atoms with Crippen LogP contribution in [0.3, 0.4) is 0 Å². The molecule has 0 heterocycles. The summed E-state index contributed by atoms with van der Waals surface area (Å²) in [4.78, 5) is 24.0. The number of hydrogen-bond acceptors (Lipinski definition) is 2. The summed E-state index contributed by atoms with van der Waals surface area (Å²) < 4.78 is 0. The first-order valence-electron chi connectivity index (χ1n) is 7.18. The molecule has 2 rings (SSSR count). The van der Waals surface area contributed by atoms with Gasteiger partial charge in [0.05, 0.1) is 8.07 Å². The Hall–Kier alpha value is -0.703. The fourth-order valence-corrected chi connectivity index (χ4v) is 4.87. The molecule has 2 atom stereocenters. The lowest BCUT2D eigenvalue weighted by atomic mass is 9.87. The normalized spacial score (nSPS) is 30.3. The second-order valence-corrected chi connectivity index (χ2v) is 11.8. The molecule has 18 heavy (non-hydrogen) atoms. The van der Waals surface area contributed by atoms with Crippen molar-refractivity contribution in [3.05, 3.63) is 11.3 Å². The number of hydrogen-bond donors (Lipinski definition) is 0. The molecule has 0 bridgehead atoms. The standard InChI is InChI=1S/C15H24O2Si/c1-18(2,3)14-10-11-6-4-7-12(16)8-5-9-13(11)15(14)17/h10-11,13H,4-9H2,1-3H3/t11-,13+/m1/s1. The maximum absolute atomic E-state index is 12.5. The fourth-order valence-electron chi connectivity index (χ4n) is 3.23. The maximum atomic E-state index is 12.5. The average Bonchev–Trinajstić information content (AvgIpc) is 2.59. The van der Waals surface area contributed by atoms with E-state index in [1.807, 2.05) is 0 Å². The Bertz CT molecular complexity index is 390. The monoisotopic (exact) mass is 264 g/mol. The molecule has 2 nitrogen and oxygen atoms in total. The predicted molar refractivity (Wildman–Crippen MR) is 76.1 cm³/mol. The minimum atomic E-state index is -1.49. The van der Waals surface area contributed by atoms with Crippen LogP contribution in [0, 0.1) is 11.8 Å². The van der Waals surface area contributed by atoms with E-state index in [2.05, 4.69) is 25.7 Å². The topological polar surface area (TPSA) is 34.1 Å². The molecule has 100 valence electrons. The minimum Gasteiger partial charge on any atom is -0.300 e. The van der Waals surface area contributed by atoms with E-state index in [1.165, 1.54) is 0 Å². The number of fused-ring (bicyclic) bond motifs is 1. The zero-order chi connectivity index (χ0) is 13.3. The van der Waals surface area contributed by atoms with Gasteiger partial charge in [-0.15, -0.1) is 0 Å². The Labute approximate surface area is 111 Å². The first-order valence-corrected chi connectivity index (χ1v) is 10.7. The van der Waals surface area contributed by atoms with Crippen molar-refractivity contribution in [1.82, 2.24) is 0 Å². The molecule has 0 aromatic rings. The molecule has 0 N–H and O–H groups in total.